The molecule has 41 heavy (non-hydrogen) atoms. The van der Waals surface area contributed by atoms with Crippen LogP contribution in [0.5, 0.6) is 11.5 Å². The number of rotatable bonds is 16. The van der Waals surface area contributed by atoms with Crippen LogP contribution in [0.2, 0.25) is 0 Å². The molecule has 0 aromatic heterocycles. The first kappa shape index (κ1) is 33.4. The van der Waals surface area contributed by atoms with Crippen LogP contribution in [0, 0.1) is 5.92 Å². The number of nitrogens with two attached hydrogens (primary N) is 1. The maximum absolute atomic E-state index is 13.3. The number of hydrogen-bond donors (Lipinski definition) is 7. The Kier molecular flexibility index (Phi) is 13.4. The van der Waals surface area contributed by atoms with Gasteiger partial charge in [-0.05, 0) is 72.6 Å². The Morgan fingerprint density at radius 1 is 0.756 bits per heavy atom. The van der Waals surface area contributed by atoms with Crippen molar-refractivity contribution in [3.63, 3.8) is 0 Å². The van der Waals surface area contributed by atoms with Gasteiger partial charge in [-0.3, -0.25) is 14.4 Å². The summed E-state index contributed by atoms with van der Waals surface area (Å²) in [5.74, 6) is -2.33. The second kappa shape index (κ2) is 16.5. The summed E-state index contributed by atoms with van der Waals surface area (Å²) >= 11 is 1.49. The van der Waals surface area contributed by atoms with Gasteiger partial charge in [-0.2, -0.15) is 11.8 Å². The SMILES string of the molecule is CSCCC(NC(=O)C(N)Cc1ccc(O)cc1)C(=O)NC(CC(C)C)C(=O)NC(Cc1ccc(O)cc1)C(=O)O. The van der Waals surface area contributed by atoms with E-state index in [9.17, 15) is 34.5 Å². The minimum atomic E-state index is -1.26. The minimum absolute atomic E-state index is 0.00982. The first-order valence-corrected chi connectivity index (χ1v) is 14.7. The Morgan fingerprint density at radius 2 is 1.22 bits per heavy atom. The van der Waals surface area contributed by atoms with Crippen molar-refractivity contribution in [3.05, 3.63) is 59.7 Å². The zero-order valence-electron chi connectivity index (χ0n) is 23.5. The van der Waals surface area contributed by atoms with E-state index in [1.807, 2.05) is 20.1 Å². The number of carboxylic acid groups (broad SMARTS) is 1. The number of carbonyl (C=O) groups is 4. The Balaban J connectivity index is 2.11. The number of thioether (sulfide) groups is 1. The van der Waals surface area contributed by atoms with Crippen molar-refractivity contribution in [2.45, 2.75) is 63.7 Å². The van der Waals surface area contributed by atoms with Crippen LogP contribution < -0.4 is 21.7 Å². The molecule has 12 heteroatoms. The lowest BCUT2D eigenvalue weighted by molar-refractivity contribution is -0.142. The van der Waals surface area contributed by atoms with Crippen LogP contribution in [0.4, 0.5) is 0 Å². The van der Waals surface area contributed by atoms with Crippen LogP contribution in [-0.2, 0) is 32.0 Å². The quantitative estimate of drug-likeness (QED) is 0.152. The third-order valence-electron chi connectivity index (χ3n) is 6.30. The molecule has 0 fully saturated rings. The molecule has 0 aliphatic heterocycles. The number of nitrogens with one attached hydrogen (secondary N) is 3. The summed E-state index contributed by atoms with van der Waals surface area (Å²) in [4.78, 5) is 51.3. The van der Waals surface area contributed by atoms with Crippen molar-refractivity contribution in [2.24, 2.45) is 11.7 Å². The summed E-state index contributed by atoms with van der Waals surface area (Å²) in [6.45, 7) is 3.74. The van der Waals surface area contributed by atoms with Gasteiger partial charge in [0.1, 0.15) is 29.6 Å². The van der Waals surface area contributed by atoms with Crippen molar-refractivity contribution in [2.75, 3.05) is 12.0 Å². The number of amides is 3. The van der Waals surface area contributed by atoms with Gasteiger partial charge in [0.25, 0.3) is 0 Å². The number of aromatic hydroxyl groups is 2. The average molecular weight is 589 g/mol. The number of phenolic OH excluding ortho intramolecular Hbond substituents is 2. The number of carbonyl (C=O) groups excluding carboxylic acids is 3. The zero-order chi connectivity index (χ0) is 30.5. The number of carboxylic acids is 1. The summed E-state index contributed by atoms with van der Waals surface area (Å²) in [6, 6.07) is 8.07. The number of phenols is 2. The van der Waals surface area contributed by atoms with Crippen LogP contribution in [0.3, 0.4) is 0 Å². The lowest BCUT2D eigenvalue weighted by atomic mass is 10.0. The van der Waals surface area contributed by atoms with E-state index in [0.717, 1.165) is 5.56 Å². The normalized spacial score (nSPS) is 14.0. The third kappa shape index (κ3) is 11.7. The molecular formula is C29H40N4O7S. The van der Waals surface area contributed by atoms with Gasteiger partial charge < -0.3 is 37.0 Å². The maximum Gasteiger partial charge on any atom is 0.326 e. The predicted molar refractivity (Wildman–Crippen MR) is 157 cm³/mol. The van der Waals surface area contributed by atoms with Gasteiger partial charge in [-0.1, -0.05) is 38.1 Å². The molecule has 0 aliphatic rings. The second-order valence-corrected chi connectivity index (χ2v) is 11.3. The highest BCUT2D eigenvalue weighted by Crippen LogP contribution is 2.14. The van der Waals surface area contributed by atoms with Crippen LogP contribution in [-0.4, -0.2) is 75.2 Å². The monoisotopic (exact) mass is 588 g/mol. The molecule has 11 nitrogen and oxygen atoms in total. The van der Waals surface area contributed by atoms with E-state index in [0.29, 0.717) is 17.7 Å². The van der Waals surface area contributed by atoms with Crippen LogP contribution in [0.1, 0.15) is 37.8 Å². The van der Waals surface area contributed by atoms with E-state index in [-0.39, 0.29) is 36.7 Å². The van der Waals surface area contributed by atoms with Gasteiger partial charge in [-0.25, -0.2) is 4.79 Å². The molecule has 2 rings (SSSR count). The molecule has 0 aliphatic carbocycles. The molecule has 0 heterocycles. The molecule has 0 bridgehead atoms. The minimum Gasteiger partial charge on any atom is -0.508 e. The van der Waals surface area contributed by atoms with Gasteiger partial charge in [0.15, 0.2) is 0 Å². The maximum atomic E-state index is 13.3. The first-order chi connectivity index (χ1) is 19.4. The molecule has 0 spiro atoms. The molecule has 2 aromatic rings. The Labute approximate surface area is 244 Å². The highest BCUT2D eigenvalue weighted by molar-refractivity contribution is 7.98. The van der Waals surface area contributed by atoms with Gasteiger partial charge in [0.2, 0.25) is 17.7 Å². The topological polar surface area (TPSA) is 191 Å². The van der Waals surface area contributed by atoms with E-state index >= 15 is 0 Å². The summed E-state index contributed by atoms with van der Waals surface area (Å²) < 4.78 is 0. The molecule has 224 valence electrons. The summed E-state index contributed by atoms with van der Waals surface area (Å²) in [6.07, 6.45) is 2.57. The average Bonchev–Trinajstić information content (AvgIpc) is 2.92. The molecule has 0 radical (unpaired) electrons. The van der Waals surface area contributed by atoms with Gasteiger partial charge in [0, 0.05) is 6.42 Å². The van der Waals surface area contributed by atoms with E-state index in [1.54, 1.807) is 24.3 Å². The van der Waals surface area contributed by atoms with Crippen molar-refractivity contribution in [1.29, 1.82) is 0 Å². The Hall–Kier alpha value is -3.77. The smallest absolute Gasteiger partial charge is 0.326 e. The zero-order valence-corrected chi connectivity index (χ0v) is 24.3. The van der Waals surface area contributed by atoms with Crippen molar-refractivity contribution >= 4 is 35.5 Å². The molecule has 3 amide bonds. The molecule has 8 N–H and O–H groups in total. The highest BCUT2D eigenvalue weighted by atomic mass is 32.2. The summed E-state index contributed by atoms with van der Waals surface area (Å²) in [5, 5.41) is 36.6. The first-order valence-electron chi connectivity index (χ1n) is 13.3. The van der Waals surface area contributed by atoms with Gasteiger partial charge in [-0.15, -0.1) is 0 Å². The van der Waals surface area contributed by atoms with Crippen molar-refractivity contribution < 1.29 is 34.5 Å². The fraction of sp³-hybridized carbons (Fsp3) is 0.448. The van der Waals surface area contributed by atoms with Crippen molar-refractivity contribution in [1.82, 2.24) is 16.0 Å². The van der Waals surface area contributed by atoms with Crippen LogP contribution in [0.25, 0.3) is 0 Å². The highest BCUT2D eigenvalue weighted by Gasteiger charge is 2.30. The van der Waals surface area contributed by atoms with Crippen LogP contribution >= 0.6 is 11.8 Å². The number of hydrogen-bond acceptors (Lipinski definition) is 8. The molecule has 0 saturated carbocycles. The number of aliphatic carboxylic acids is 1. The molecule has 0 saturated heterocycles. The fourth-order valence-corrected chi connectivity index (χ4v) is 4.55. The molecule has 4 atom stereocenters. The predicted octanol–water partition coefficient (Wildman–Crippen LogP) is 1.55. The Morgan fingerprint density at radius 3 is 1.71 bits per heavy atom. The molecular weight excluding hydrogens is 548 g/mol. The molecule has 4 unspecified atom stereocenters. The number of benzene rings is 2. The van der Waals surface area contributed by atoms with Gasteiger partial charge in [0.05, 0.1) is 6.04 Å². The largest absolute Gasteiger partial charge is 0.508 e. The molecule has 2 aromatic carbocycles. The standard InChI is InChI=1S/C29H40N4O7S/c1-17(2)14-24(28(38)33-25(29(39)40)16-19-6-10-21(35)11-7-19)32-27(37)23(12-13-41-3)31-26(36)22(30)15-18-4-8-20(34)9-5-18/h4-11,17,22-25,34-35H,12-16,30H2,1-3H3,(H,31,36)(H,32,37)(H,33,38)(H,39,40). The third-order valence-corrected chi connectivity index (χ3v) is 6.95. The van der Waals surface area contributed by atoms with E-state index in [4.69, 9.17) is 5.73 Å². The van der Waals surface area contributed by atoms with Crippen LogP contribution in [0.15, 0.2) is 48.5 Å². The second-order valence-electron chi connectivity index (χ2n) is 10.3. The fourth-order valence-electron chi connectivity index (χ4n) is 4.08. The van der Waals surface area contributed by atoms with Crippen molar-refractivity contribution in [3.8, 4) is 11.5 Å². The summed E-state index contributed by atoms with van der Waals surface area (Å²) in [7, 11) is 0. The van der Waals surface area contributed by atoms with E-state index < -0.39 is 47.9 Å². The van der Waals surface area contributed by atoms with E-state index in [1.165, 1.54) is 36.0 Å². The lowest BCUT2D eigenvalue weighted by Gasteiger charge is -2.26. The van der Waals surface area contributed by atoms with E-state index in [2.05, 4.69) is 16.0 Å². The lowest BCUT2D eigenvalue weighted by Crippen LogP contribution is -2.57. The van der Waals surface area contributed by atoms with Gasteiger partial charge >= 0.3 is 5.97 Å². The summed E-state index contributed by atoms with van der Waals surface area (Å²) in [5.41, 5.74) is 7.43. The Bertz CT molecular complexity index is 1160.